The van der Waals surface area contributed by atoms with E-state index in [9.17, 15) is 0 Å². The molecule has 0 aliphatic heterocycles. The fourth-order valence-electron chi connectivity index (χ4n) is 2.21. The van der Waals surface area contributed by atoms with Gasteiger partial charge in [0.1, 0.15) is 5.75 Å². The van der Waals surface area contributed by atoms with Crippen molar-refractivity contribution in [1.82, 2.24) is 10.7 Å². The van der Waals surface area contributed by atoms with E-state index in [1.54, 1.807) is 13.3 Å². The fourth-order valence-corrected chi connectivity index (χ4v) is 2.44. The first kappa shape index (κ1) is 17.0. The van der Waals surface area contributed by atoms with Crippen molar-refractivity contribution >= 4 is 23.5 Å². The molecule has 0 amide bonds. The molecule has 2 N–H and O–H groups in total. The molecule has 23 heavy (non-hydrogen) atoms. The van der Waals surface area contributed by atoms with Crippen LogP contribution in [0, 0.1) is 6.92 Å². The molecule has 1 atom stereocenters. The molecule has 0 bridgehead atoms. The molecule has 0 aliphatic rings. The Balaban J connectivity index is 1.94. The van der Waals surface area contributed by atoms with Crippen LogP contribution in [0.4, 0.5) is 0 Å². The summed E-state index contributed by atoms with van der Waals surface area (Å²) in [4.78, 5) is 0. The van der Waals surface area contributed by atoms with Gasteiger partial charge in [-0.2, -0.15) is 5.10 Å². The number of methoxy groups -OCH3 is 1. The van der Waals surface area contributed by atoms with Gasteiger partial charge in [-0.1, -0.05) is 42.5 Å². The molecule has 5 heteroatoms. The minimum atomic E-state index is 0.111. The standard InChI is InChI=1S/C18H21N3OS/c1-13-8-7-11-17(22-3)16(13)12-19-21-18(23)20-14(2)15-9-5-4-6-10-15/h4-12,14H,1-3H3,(H2,20,21,23)/b19-12+/t14-/m1/s1. The van der Waals surface area contributed by atoms with Crippen LogP contribution in [0.5, 0.6) is 5.75 Å². The third-order valence-corrected chi connectivity index (χ3v) is 3.72. The van der Waals surface area contributed by atoms with E-state index in [4.69, 9.17) is 17.0 Å². The molecule has 0 radical (unpaired) electrons. The normalized spacial score (nSPS) is 12.0. The highest BCUT2D eigenvalue weighted by atomic mass is 32.1. The molecule has 0 heterocycles. The Morgan fingerprint density at radius 2 is 1.91 bits per heavy atom. The van der Waals surface area contributed by atoms with Gasteiger partial charge < -0.3 is 10.1 Å². The predicted octanol–water partition coefficient (Wildman–Crippen LogP) is 3.56. The molecule has 2 aromatic rings. The summed E-state index contributed by atoms with van der Waals surface area (Å²) in [5.74, 6) is 0.784. The van der Waals surface area contributed by atoms with Crippen molar-refractivity contribution in [2.24, 2.45) is 5.10 Å². The smallest absolute Gasteiger partial charge is 0.187 e. The third-order valence-electron chi connectivity index (χ3n) is 3.51. The van der Waals surface area contributed by atoms with Gasteiger partial charge in [0.15, 0.2) is 5.11 Å². The summed E-state index contributed by atoms with van der Waals surface area (Å²) in [5, 5.41) is 7.88. The average Bonchev–Trinajstić information content (AvgIpc) is 2.57. The van der Waals surface area contributed by atoms with Gasteiger partial charge in [0, 0.05) is 5.56 Å². The van der Waals surface area contributed by atoms with Crippen molar-refractivity contribution in [2.45, 2.75) is 19.9 Å². The van der Waals surface area contributed by atoms with Crippen LogP contribution in [0.3, 0.4) is 0 Å². The molecule has 120 valence electrons. The van der Waals surface area contributed by atoms with Gasteiger partial charge >= 0.3 is 0 Å². The van der Waals surface area contributed by atoms with E-state index in [0.29, 0.717) is 5.11 Å². The number of nitrogens with zero attached hydrogens (tertiary/aromatic N) is 1. The van der Waals surface area contributed by atoms with Gasteiger partial charge in [-0.15, -0.1) is 0 Å². The Hall–Kier alpha value is -2.40. The molecule has 0 aliphatic carbocycles. The van der Waals surface area contributed by atoms with Crippen LogP contribution < -0.4 is 15.5 Å². The molecule has 0 aromatic heterocycles. The lowest BCUT2D eigenvalue weighted by molar-refractivity contribution is 0.414. The number of aryl methyl sites for hydroxylation is 1. The van der Waals surface area contributed by atoms with Crippen molar-refractivity contribution in [3.63, 3.8) is 0 Å². The Morgan fingerprint density at radius 1 is 1.17 bits per heavy atom. The molecule has 2 aromatic carbocycles. The van der Waals surface area contributed by atoms with Gasteiger partial charge in [0.25, 0.3) is 0 Å². The highest BCUT2D eigenvalue weighted by Crippen LogP contribution is 2.19. The first-order chi connectivity index (χ1) is 11.1. The van der Waals surface area contributed by atoms with Crippen molar-refractivity contribution < 1.29 is 4.74 Å². The van der Waals surface area contributed by atoms with Crippen LogP contribution >= 0.6 is 12.2 Å². The van der Waals surface area contributed by atoms with Crippen LogP contribution in [0.1, 0.15) is 29.7 Å². The minimum Gasteiger partial charge on any atom is -0.496 e. The Morgan fingerprint density at radius 3 is 2.61 bits per heavy atom. The summed E-state index contributed by atoms with van der Waals surface area (Å²) >= 11 is 5.27. The van der Waals surface area contributed by atoms with Crippen molar-refractivity contribution in [3.8, 4) is 5.75 Å². The van der Waals surface area contributed by atoms with Crippen LogP contribution in [0.2, 0.25) is 0 Å². The lowest BCUT2D eigenvalue weighted by Gasteiger charge is -2.15. The molecule has 0 fully saturated rings. The number of ether oxygens (including phenoxy) is 1. The maximum absolute atomic E-state index is 5.34. The minimum absolute atomic E-state index is 0.111. The van der Waals surface area contributed by atoms with E-state index in [1.165, 1.54) is 5.56 Å². The summed E-state index contributed by atoms with van der Waals surface area (Å²) in [5.41, 5.74) is 6.03. The van der Waals surface area contributed by atoms with Crippen molar-refractivity contribution in [1.29, 1.82) is 0 Å². The van der Waals surface area contributed by atoms with E-state index < -0.39 is 0 Å². The van der Waals surface area contributed by atoms with E-state index in [2.05, 4.69) is 34.9 Å². The van der Waals surface area contributed by atoms with E-state index >= 15 is 0 Å². The second-order valence-corrected chi connectivity index (χ2v) is 5.57. The monoisotopic (exact) mass is 327 g/mol. The summed E-state index contributed by atoms with van der Waals surface area (Å²) in [6.07, 6.45) is 1.72. The number of hydrogen-bond donors (Lipinski definition) is 2. The van der Waals surface area contributed by atoms with Gasteiger partial charge in [-0.05, 0) is 43.3 Å². The summed E-state index contributed by atoms with van der Waals surface area (Å²) in [6.45, 7) is 4.06. The van der Waals surface area contributed by atoms with E-state index in [1.807, 2.05) is 43.3 Å². The summed E-state index contributed by atoms with van der Waals surface area (Å²) < 4.78 is 5.34. The second kappa shape index (κ2) is 8.29. The number of thiocarbonyl (C=S) groups is 1. The predicted molar refractivity (Wildman–Crippen MR) is 99.1 cm³/mol. The SMILES string of the molecule is COc1cccc(C)c1/C=N/NC(=S)N[C@H](C)c1ccccc1. The van der Waals surface area contributed by atoms with Gasteiger partial charge in [0.05, 0.1) is 19.4 Å². The van der Waals surface area contributed by atoms with E-state index in [-0.39, 0.29) is 6.04 Å². The first-order valence-corrected chi connectivity index (χ1v) is 7.80. The van der Waals surface area contributed by atoms with Gasteiger partial charge in [-0.25, -0.2) is 0 Å². The lowest BCUT2D eigenvalue weighted by Crippen LogP contribution is -2.34. The molecular weight excluding hydrogens is 306 g/mol. The largest absolute Gasteiger partial charge is 0.496 e. The number of benzene rings is 2. The van der Waals surface area contributed by atoms with Crippen LogP contribution in [0.15, 0.2) is 53.6 Å². The highest BCUT2D eigenvalue weighted by Gasteiger charge is 2.06. The molecule has 4 nitrogen and oxygen atoms in total. The molecular formula is C18H21N3OS. The molecule has 0 saturated heterocycles. The van der Waals surface area contributed by atoms with Crippen LogP contribution in [0.25, 0.3) is 0 Å². The number of nitrogens with one attached hydrogen (secondary N) is 2. The zero-order valence-corrected chi connectivity index (χ0v) is 14.4. The zero-order chi connectivity index (χ0) is 16.7. The third kappa shape index (κ3) is 4.79. The van der Waals surface area contributed by atoms with Crippen LogP contribution in [-0.4, -0.2) is 18.4 Å². The van der Waals surface area contributed by atoms with Gasteiger partial charge in [-0.3, -0.25) is 5.43 Å². The van der Waals surface area contributed by atoms with Crippen LogP contribution in [-0.2, 0) is 0 Å². The summed E-state index contributed by atoms with van der Waals surface area (Å²) in [6, 6.07) is 16.1. The number of hydrazone groups is 1. The molecule has 2 rings (SSSR count). The number of hydrogen-bond acceptors (Lipinski definition) is 3. The molecule has 0 saturated carbocycles. The lowest BCUT2D eigenvalue weighted by atomic mass is 10.1. The van der Waals surface area contributed by atoms with Crippen molar-refractivity contribution in [2.75, 3.05) is 7.11 Å². The Kier molecular flexibility index (Phi) is 6.11. The van der Waals surface area contributed by atoms with E-state index in [0.717, 1.165) is 16.9 Å². The zero-order valence-electron chi connectivity index (χ0n) is 13.5. The van der Waals surface area contributed by atoms with Crippen molar-refractivity contribution in [3.05, 3.63) is 65.2 Å². The molecule has 0 unspecified atom stereocenters. The number of rotatable bonds is 5. The van der Waals surface area contributed by atoms with Gasteiger partial charge in [0.2, 0.25) is 0 Å². The molecule has 0 spiro atoms. The second-order valence-electron chi connectivity index (χ2n) is 5.17. The summed E-state index contributed by atoms with van der Waals surface area (Å²) in [7, 11) is 1.65. The Bertz CT molecular complexity index is 686. The average molecular weight is 327 g/mol. The maximum atomic E-state index is 5.34. The Labute approximate surface area is 142 Å². The maximum Gasteiger partial charge on any atom is 0.187 e. The quantitative estimate of drug-likeness (QED) is 0.501. The highest BCUT2D eigenvalue weighted by molar-refractivity contribution is 7.80. The first-order valence-electron chi connectivity index (χ1n) is 7.40. The topological polar surface area (TPSA) is 45.6 Å². The fraction of sp³-hybridized carbons (Fsp3) is 0.222.